The molecule has 0 radical (unpaired) electrons. The van der Waals surface area contributed by atoms with Crippen LogP contribution in [0.1, 0.15) is 31.7 Å². The van der Waals surface area contributed by atoms with E-state index in [2.05, 4.69) is 5.32 Å². The summed E-state index contributed by atoms with van der Waals surface area (Å²) in [5.41, 5.74) is 3.15. The van der Waals surface area contributed by atoms with Crippen LogP contribution < -0.4 is 5.32 Å². The van der Waals surface area contributed by atoms with Gasteiger partial charge in [0.25, 0.3) is 0 Å². The summed E-state index contributed by atoms with van der Waals surface area (Å²) >= 11 is 0. The Balaban J connectivity index is 2.06. The van der Waals surface area contributed by atoms with Crippen molar-refractivity contribution in [2.75, 3.05) is 0 Å². The van der Waals surface area contributed by atoms with Gasteiger partial charge in [0.2, 0.25) is 5.91 Å². The van der Waals surface area contributed by atoms with Crippen molar-refractivity contribution in [3.63, 3.8) is 0 Å². The van der Waals surface area contributed by atoms with Crippen molar-refractivity contribution in [3.05, 3.63) is 60.2 Å². The van der Waals surface area contributed by atoms with Crippen LogP contribution in [0, 0.1) is 5.92 Å². The number of nitrogens with one attached hydrogen (secondary N) is 1. The lowest BCUT2D eigenvalue weighted by atomic mass is 9.95. The number of hydrogen-bond donors (Lipinski definition) is 3. The fourth-order valence-corrected chi connectivity index (χ4v) is 2.99. The van der Waals surface area contributed by atoms with Gasteiger partial charge in [-0.2, -0.15) is 0 Å². The second-order valence-electron chi connectivity index (χ2n) is 6.90. The van der Waals surface area contributed by atoms with Gasteiger partial charge in [-0.05, 0) is 29.5 Å². The highest BCUT2D eigenvalue weighted by Gasteiger charge is 2.20. The molecule has 3 N–H and O–H groups in total. The minimum absolute atomic E-state index is 0.125. The van der Waals surface area contributed by atoms with Gasteiger partial charge in [-0.15, -0.1) is 0 Å². The third-order valence-corrected chi connectivity index (χ3v) is 4.53. The minimum atomic E-state index is -1.04. The van der Waals surface area contributed by atoms with Crippen molar-refractivity contribution in [2.45, 2.75) is 38.6 Å². The largest absolute Gasteiger partial charge is 0.481 e. The molecule has 0 aliphatic rings. The molecule has 2 aromatic rings. The molecule has 0 bridgehead atoms. The van der Waals surface area contributed by atoms with E-state index < -0.39 is 17.9 Å². The maximum Gasteiger partial charge on any atom is 0.306 e. The first-order valence-electron chi connectivity index (χ1n) is 9.23. The second-order valence-corrected chi connectivity index (χ2v) is 6.90. The van der Waals surface area contributed by atoms with E-state index >= 15 is 0 Å². The number of carbonyl (C=O) groups excluding carboxylic acids is 1. The Labute approximate surface area is 164 Å². The zero-order valence-electron chi connectivity index (χ0n) is 15.8. The molecule has 2 atom stereocenters. The Hall–Kier alpha value is -3.15. The Morgan fingerprint density at radius 1 is 0.893 bits per heavy atom. The first-order chi connectivity index (χ1) is 13.3. The molecular weight excluding hydrogens is 358 g/mol. The standard InChI is InChI=1S/C22H25NO5/c1-15(22(27)28)13-19(23-20(24)11-12-21(25)26)14-16-7-9-18(10-8-16)17-5-3-2-4-6-17/h2-10,15,19H,11-14H2,1H3,(H,23,24)(H,25,26)(H,27,28)/t15-,19-/m0/s1. The summed E-state index contributed by atoms with van der Waals surface area (Å²) in [4.78, 5) is 33.9. The first-order valence-corrected chi connectivity index (χ1v) is 9.23. The summed E-state index contributed by atoms with van der Waals surface area (Å²) in [6.07, 6.45) is 0.374. The molecule has 6 nitrogen and oxygen atoms in total. The summed E-state index contributed by atoms with van der Waals surface area (Å²) in [7, 11) is 0. The van der Waals surface area contributed by atoms with Gasteiger partial charge >= 0.3 is 11.9 Å². The van der Waals surface area contributed by atoms with Crippen molar-refractivity contribution in [2.24, 2.45) is 5.92 Å². The zero-order chi connectivity index (χ0) is 20.5. The molecule has 0 aliphatic heterocycles. The van der Waals surface area contributed by atoms with Crippen LogP contribution in [-0.4, -0.2) is 34.1 Å². The van der Waals surface area contributed by atoms with Crippen molar-refractivity contribution in [1.29, 1.82) is 0 Å². The first kappa shape index (κ1) is 21.2. The van der Waals surface area contributed by atoms with Gasteiger partial charge in [-0.1, -0.05) is 61.5 Å². The molecule has 0 heterocycles. The lowest BCUT2D eigenvalue weighted by Gasteiger charge is -2.21. The van der Waals surface area contributed by atoms with E-state index in [9.17, 15) is 19.5 Å². The summed E-state index contributed by atoms with van der Waals surface area (Å²) in [6.45, 7) is 1.59. The summed E-state index contributed by atoms with van der Waals surface area (Å²) in [5, 5.41) is 20.7. The smallest absolute Gasteiger partial charge is 0.306 e. The van der Waals surface area contributed by atoms with Crippen LogP contribution in [0.15, 0.2) is 54.6 Å². The highest BCUT2D eigenvalue weighted by molar-refractivity contribution is 5.81. The van der Waals surface area contributed by atoms with E-state index in [1.54, 1.807) is 6.92 Å². The summed E-state index contributed by atoms with van der Waals surface area (Å²) in [6, 6.07) is 17.5. The molecule has 6 heteroatoms. The van der Waals surface area contributed by atoms with Crippen molar-refractivity contribution in [3.8, 4) is 11.1 Å². The molecule has 0 spiro atoms. The molecule has 0 saturated heterocycles. The van der Waals surface area contributed by atoms with Crippen molar-refractivity contribution >= 4 is 17.8 Å². The van der Waals surface area contributed by atoms with Gasteiger partial charge in [0, 0.05) is 12.5 Å². The monoisotopic (exact) mass is 383 g/mol. The van der Waals surface area contributed by atoms with Gasteiger partial charge in [0.1, 0.15) is 0 Å². The quantitative estimate of drug-likeness (QED) is 0.584. The molecule has 2 rings (SSSR count). The molecule has 0 fully saturated rings. The van der Waals surface area contributed by atoms with Crippen molar-refractivity contribution < 1.29 is 24.6 Å². The number of carboxylic acid groups (broad SMARTS) is 2. The lowest BCUT2D eigenvalue weighted by Crippen LogP contribution is -2.38. The number of amides is 1. The van der Waals surface area contributed by atoms with Crippen LogP contribution in [0.2, 0.25) is 0 Å². The van der Waals surface area contributed by atoms with Crippen LogP contribution in [0.25, 0.3) is 11.1 Å². The van der Waals surface area contributed by atoms with Crippen LogP contribution in [0.4, 0.5) is 0 Å². The Morgan fingerprint density at radius 3 is 2.07 bits per heavy atom. The van der Waals surface area contributed by atoms with Gasteiger partial charge < -0.3 is 15.5 Å². The van der Waals surface area contributed by atoms with Gasteiger partial charge in [-0.3, -0.25) is 14.4 Å². The van der Waals surface area contributed by atoms with Gasteiger partial charge in [0.05, 0.1) is 12.3 Å². The van der Waals surface area contributed by atoms with Crippen LogP contribution in [0.5, 0.6) is 0 Å². The maximum absolute atomic E-state index is 12.0. The molecule has 0 aliphatic carbocycles. The number of aliphatic carboxylic acids is 2. The highest BCUT2D eigenvalue weighted by atomic mass is 16.4. The molecule has 0 unspecified atom stereocenters. The fraction of sp³-hybridized carbons (Fsp3) is 0.318. The number of hydrogen-bond acceptors (Lipinski definition) is 3. The number of rotatable bonds is 10. The maximum atomic E-state index is 12.0. The molecule has 2 aromatic carbocycles. The number of carbonyl (C=O) groups is 3. The molecule has 28 heavy (non-hydrogen) atoms. The third kappa shape index (κ3) is 6.87. The van der Waals surface area contributed by atoms with Crippen molar-refractivity contribution in [1.82, 2.24) is 5.32 Å². The molecular formula is C22H25NO5. The van der Waals surface area contributed by atoms with E-state index in [1.165, 1.54) is 0 Å². The Bertz CT molecular complexity index is 801. The second kappa shape index (κ2) is 10.3. The van der Waals surface area contributed by atoms with Gasteiger partial charge in [0.15, 0.2) is 0 Å². The molecule has 1 amide bonds. The zero-order valence-corrected chi connectivity index (χ0v) is 15.8. The topological polar surface area (TPSA) is 104 Å². The lowest BCUT2D eigenvalue weighted by molar-refractivity contribution is -0.141. The molecule has 148 valence electrons. The Morgan fingerprint density at radius 2 is 1.50 bits per heavy atom. The number of benzene rings is 2. The van der Waals surface area contributed by atoms with E-state index in [-0.39, 0.29) is 31.2 Å². The molecule has 0 saturated carbocycles. The average Bonchev–Trinajstić information content (AvgIpc) is 2.67. The SMILES string of the molecule is C[C@@H](C[C@@H](Cc1ccc(-c2ccccc2)cc1)NC(=O)CCC(=O)O)C(=O)O. The summed E-state index contributed by atoms with van der Waals surface area (Å²) in [5.74, 6) is -2.97. The average molecular weight is 383 g/mol. The fourth-order valence-electron chi connectivity index (χ4n) is 2.99. The van der Waals surface area contributed by atoms with Crippen LogP contribution >= 0.6 is 0 Å². The molecule has 0 aromatic heterocycles. The normalized spacial score (nSPS) is 12.8. The van der Waals surface area contributed by atoms with Gasteiger partial charge in [-0.25, -0.2) is 0 Å². The predicted octanol–water partition coefficient (Wildman–Crippen LogP) is 3.36. The van der Waals surface area contributed by atoms with E-state index in [0.29, 0.717) is 6.42 Å². The number of carboxylic acids is 2. The van der Waals surface area contributed by atoms with Crippen LogP contribution in [0.3, 0.4) is 0 Å². The summed E-state index contributed by atoms with van der Waals surface area (Å²) < 4.78 is 0. The Kier molecular flexibility index (Phi) is 7.75. The third-order valence-electron chi connectivity index (χ3n) is 4.53. The highest BCUT2D eigenvalue weighted by Crippen LogP contribution is 2.20. The van der Waals surface area contributed by atoms with E-state index in [0.717, 1.165) is 16.7 Å². The van der Waals surface area contributed by atoms with Crippen LogP contribution in [-0.2, 0) is 20.8 Å². The van der Waals surface area contributed by atoms with E-state index in [4.69, 9.17) is 5.11 Å². The van der Waals surface area contributed by atoms with E-state index in [1.807, 2.05) is 54.6 Å². The predicted molar refractivity (Wildman–Crippen MR) is 106 cm³/mol. The minimum Gasteiger partial charge on any atom is -0.481 e.